The van der Waals surface area contributed by atoms with E-state index in [1.165, 1.54) is 12.8 Å². The molecule has 1 aliphatic rings. The van der Waals surface area contributed by atoms with Crippen molar-refractivity contribution in [3.63, 3.8) is 0 Å². The third-order valence-electron chi connectivity index (χ3n) is 1.11. The Labute approximate surface area is 91.0 Å². The molecule has 0 spiro atoms. The summed E-state index contributed by atoms with van der Waals surface area (Å²) in [7, 11) is 14.9. The van der Waals surface area contributed by atoms with Crippen molar-refractivity contribution in [3.8, 4) is 0 Å². The second kappa shape index (κ2) is 9.82. The van der Waals surface area contributed by atoms with Crippen LogP contribution in [0, 0.1) is 0 Å². The molecule has 0 bridgehead atoms. The Morgan fingerprint density at radius 3 is 1.42 bits per heavy atom. The standard InChI is InChI=1S/C8H10.3ClH.Ir/c1-2-4-6-8-7-5-3-1;;;;/h1-6H,7-8H2;3*1H;/q;;;;+3/p-3. The van der Waals surface area contributed by atoms with Gasteiger partial charge in [-0.3, -0.25) is 0 Å². The molecule has 0 aromatic heterocycles. The number of hydrogen-bond acceptors (Lipinski definition) is 0. The fourth-order valence-electron chi connectivity index (χ4n) is 0.670. The molecule has 72 valence electrons. The van der Waals surface area contributed by atoms with E-state index in [-0.39, 0.29) is 0 Å². The summed E-state index contributed by atoms with van der Waals surface area (Å²) >= 11 is -1.92. The monoisotopic (exact) mass is 404 g/mol. The first-order valence-corrected chi connectivity index (χ1v) is 12.3. The minimum absolute atomic E-state index is 1.18. The zero-order valence-electron chi connectivity index (χ0n) is 6.35. The van der Waals surface area contributed by atoms with Crippen LogP contribution in [-0.2, 0) is 13.5 Å². The Morgan fingerprint density at radius 2 is 1.08 bits per heavy atom. The summed E-state index contributed by atoms with van der Waals surface area (Å²) in [6.45, 7) is 0. The molecule has 12 heavy (non-hydrogen) atoms. The first kappa shape index (κ1) is 12.7. The van der Waals surface area contributed by atoms with E-state index in [4.69, 9.17) is 28.8 Å². The predicted octanol–water partition coefficient (Wildman–Crippen LogP) is 4.51. The first-order valence-electron chi connectivity index (χ1n) is 3.36. The predicted molar refractivity (Wildman–Crippen MR) is 54.2 cm³/mol. The fourth-order valence-corrected chi connectivity index (χ4v) is 0.670. The summed E-state index contributed by atoms with van der Waals surface area (Å²) < 4.78 is 0. The van der Waals surface area contributed by atoms with Crippen LogP contribution in [0.25, 0.3) is 0 Å². The van der Waals surface area contributed by atoms with Crippen molar-refractivity contribution < 1.29 is 13.5 Å². The van der Waals surface area contributed by atoms with Crippen molar-refractivity contribution in [3.05, 3.63) is 36.5 Å². The number of halogens is 3. The van der Waals surface area contributed by atoms with E-state index < -0.39 is 13.5 Å². The third-order valence-corrected chi connectivity index (χ3v) is 1.11. The molecule has 0 saturated heterocycles. The van der Waals surface area contributed by atoms with Gasteiger partial charge >= 0.3 is 42.2 Å². The second-order valence-electron chi connectivity index (χ2n) is 1.96. The van der Waals surface area contributed by atoms with Gasteiger partial charge in [-0.2, -0.15) is 0 Å². The van der Waals surface area contributed by atoms with Crippen LogP contribution in [0.2, 0.25) is 0 Å². The molecule has 0 aromatic rings. The summed E-state index contributed by atoms with van der Waals surface area (Å²) in [5.41, 5.74) is 0. The van der Waals surface area contributed by atoms with Crippen LogP contribution < -0.4 is 0 Å². The molecule has 0 saturated carbocycles. The Hall–Kier alpha value is 0.739. The van der Waals surface area contributed by atoms with Gasteiger partial charge in [-0.15, -0.1) is 0 Å². The molecule has 1 aliphatic carbocycles. The molecule has 0 N–H and O–H groups in total. The van der Waals surface area contributed by atoms with Crippen molar-refractivity contribution in [2.75, 3.05) is 0 Å². The summed E-state index contributed by atoms with van der Waals surface area (Å²) in [5.74, 6) is 0. The van der Waals surface area contributed by atoms with E-state index in [9.17, 15) is 0 Å². The average Bonchev–Trinajstić information content (AvgIpc) is 1.82. The fraction of sp³-hybridized carbons (Fsp3) is 0.250. The molecule has 0 radical (unpaired) electrons. The molecular formula is C8H10Cl3Ir. The van der Waals surface area contributed by atoms with Crippen molar-refractivity contribution in [1.29, 1.82) is 0 Å². The Morgan fingerprint density at radius 1 is 0.750 bits per heavy atom. The normalized spacial score (nSPS) is 15.8. The third kappa shape index (κ3) is 13.3. The average molecular weight is 405 g/mol. The van der Waals surface area contributed by atoms with Crippen molar-refractivity contribution >= 4 is 28.8 Å². The van der Waals surface area contributed by atoms with Gasteiger partial charge in [0.05, 0.1) is 0 Å². The summed E-state index contributed by atoms with van der Waals surface area (Å²) in [6.07, 6.45) is 15.0. The van der Waals surface area contributed by atoms with Crippen molar-refractivity contribution in [1.82, 2.24) is 0 Å². The van der Waals surface area contributed by atoms with Crippen LogP contribution in [0.5, 0.6) is 0 Å². The van der Waals surface area contributed by atoms with E-state index in [0.29, 0.717) is 0 Å². The van der Waals surface area contributed by atoms with Gasteiger partial charge in [-0.25, -0.2) is 0 Å². The molecule has 0 aromatic carbocycles. The molecule has 0 nitrogen and oxygen atoms in total. The van der Waals surface area contributed by atoms with Gasteiger partial charge in [-0.05, 0) is 12.8 Å². The van der Waals surface area contributed by atoms with Crippen molar-refractivity contribution in [2.24, 2.45) is 0 Å². The van der Waals surface area contributed by atoms with E-state index in [1.54, 1.807) is 0 Å². The van der Waals surface area contributed by atoms with Crippen LogP contribution in [0.4, 0.5) is 0 Å². The quantitative estimate of drug-likeness (QED) is 0.557. The zero-order valence-corrected chi connectivity index (χ0v) is 11.0. The molecule has 0 fully saturated rings. The van der Waals surface area contributed by atoms with Crippen LogP contribution in [0.15, 0.2) is 36.5 Å². The van der Waals surface area contributed by atoms with Gasteiger partial charge in [0.2, 0.25) is 0 Å². The van der Waals surface area contributed by atoms with E-state index >= 15 is 0 Å². The van der Waals surface area contributed by atoms with Gasteiger partial charge in [0.1, 0.15) is 0 Å². The first-order chi connectivity index (χ1) is 5.73. The zero-order chi connectivity index (χ0) is 9.23. The van der Waals surface area contributed by atoms with Crippen LogP contribution >= 0.6 is 28.8 Å². The molecule has 0 aliphatic heterocycles. The van der Waals surface area contributed by atoms with Gasteiger partial charge in [-0.1, -0.05) is 36.5 Å². The number of hydrogen-bond donors (Lipinski definition) is 0. The van der Waals surface area contributed by atoms with E-state index in [0.717, 1.165) is 0 Å². The molecule has 0 unspecified atom stereocenters. The van der Waals surface area contributed by atoms with Gasteiger partial charge in [0.15, 0.2) is 0 Å². The summed E-state index contributed by atoms with van der Waals surface area (Å²) in [5, 5.41) is 0. The molecular weight excluding hydrogens is 395 g/mol. The topological polar surface area (TPSA) is 0 Å². The molecule has 0 amide bonds. The molecule has 1 rings (SSSR count). The van der Waals surface area contributed by atoms with Crippen LogP contribution in [-0.4, -0.2) is 0 Å². The summed E-state index contributed by atoms with van der Waals surface area (Å²) in [4.78, 5) is 0. The van der Waals surface area contributed by atoms with E-state index in [1.807, 2.05) is 0 Å². The Balaban J connectivity index is 0.000000261. The Bertz CT molecular complexity index is 154. The van der Waals surface area contributed by atoms with E-state index in [2.05, 4.69) is 36.5 Å². The van der Waals surface area contributed by atoms with Crippen LogP contribution in [0.1, 0.15) is 12.8 Å². The number of rotatable bonds is 0. The SMILES string of the molecule is C1=CC=CCCC=C1.[Cl][Ir]([Cl])[Cl]. The molecule has 0 atom stereocenters. The second-order valence-corrected chi connectivity index (χ2v) is 12.3. The maximum atomic E-state index is 4.97. The van der Waals surface area contributed by atoms with Crippen molar-refractivity contribution in [2.45, 2.75) is 12.8 Å². The molecule has 0 heterocycles. The Kier molecular flexibility index (Phi) is 10.4. The van der Waals surface area contributed by atoms with Gasteiger partial charge < -0.3 is 0 Å². The minimum atomic E-state index is -1.92. The maximum absolute atomic E-state index is 4.97. The van der Waals surface area contributed by atoms with Gasteiger partial charge in [0, 0.05) is 0 Å². The van der Waals surface area contributed by atoms with Gasteiger partial charge in [0.25, 0.3) is 0 Å². The number of allylic oxidation sites excluding steroid dienone is 6. The van der Waals surface area contributed by atoms with Crippen LogP contribution in [0.3, 0.4) is 0 Å². The molecule has 4 heteroatoms. The summed E-state index contributed by atoms with van der Waals surface area (Å²) in [6, 6.07) is 0.